The molecule has 0 spiro atoms. The normalized spacial score (nSPS) is 14.3. The van der Waals surface area contributed by atoms with Crippen molar-refractivity contribution in [1.29, 1.82) is 0 Å². The van der Waals surface area contributed by atoms with E-state index in [-0.39, 0.29) is 12.5 Å². The lowest BCUT2D eigenvalue weighted by atomic mass is 10.3. The van der Waals surface area contributed by atoms with Crippen molar-refractivity contribution in [3.05, 3.63) is 34.1 Å². The van der Waals surface area contributed by atoms with Gasteiger partial charge in [-0.1, -0.05) is 41.0 Å². The number of hydrogen-bond acceptors (Lipinski definition) is 6. The molecule has 134 valence electrons. The Labute approximate surface area is 159 Å². The van der Waals surface area contributed by atoms with Crippen LogP contribution in [0, 0.1) is 0 Å². The van der Waals surface area contributed by atoms with Gasteiger partial charge in [0.05, 0.1) is 10.0 Å². The molecule has 2 N–H and O–H groups in total. The molecule has 1 amide bonds. The molecule has 3 rings (SSSR count). The van der Waals surface area contributed by atoms with Crippen LogP contribution in [0.1, 0.15) is 18.7 Å². The summed E-state index contributed by atoms with van der Waals surface area (Å²) < 4.78 is 6.99. The lowest BCUT2D eigenvalue weighted by Gasteiger charge is -2.14. The standard InChI is InChI=1S/C15H17Cl2N5O2S/c16-10-3-1-4-11(17)14(10)24-9-12-19-20-15(22(12)18)25-8-7-21-6-2-5-13(21)23/h1,3-4H,2,5-9,18H2. The Morgan fingerprint density at radius 1 is 1.28 bits per heavy atom. The van der Waals surface area contributed by atoms with Crippen LogP contribution in [-0.2, 0) is 11.4 Å². The van der Waals surface area contributed by atoms with Crippen LogP contribution in [0.2, 0.25) is 10.0 Å². The molecule has 0 radical (unpaired) electrons. The number of carbonyl (C=O) groups excluding carboxylic acids is 1. The summed E-state index contributed by atoms with van der Waals surface area (Å²) in [5.41, 5.74) is 0. The predicted molar refractivity (Wildman–Crippen MR) is 97.5 cm³/mol. The number of aromatic nitrogens is 3. The molecular formula is C15H17Cl2N5O2S. The van der Waals surface area contributed by atoms with E-state index in [1.54, 1.807) is 18.2 Å². The number of halogens is 2. The van der Waals surface area contributed by atoms with Crippen molar-refractivity contribution in [2.75, 3.05) is 24.7 Å². The molecule has 1 fully saturated rings. The van der Waals surface area contributed by atoms with E-state index in [1.807, 2.05) is 4.90 Å². The molecule has 2 aromatic rings. The topological polar surface area (TPSA) is 86.3 Å². The number of likely N-dealkylation sites (tertiary alicyclic amines) is 1. The van der Waals surface area contributed by atoms with Crippen molar-refractivity contribution >= 4 is 40.9 Å². The number of nitrogens with two attached hydrogens (primary N) is 1. The lowest BCUT2D eigenvalue weighted by Crippen LogP contribution is -2.27. The Bertz CT molecular complexity index is 750. The molecule has 7 nitrogen and oxygen atoms in total. The zero-order valence-electron chi connectivity index (χ0n) is 13.3. The van der Waals surface area contributed by atoms with E-state index in [9.17, 15) is 4.79 Å². The first-order valence-electron chi connectivity index (χ1n) is 7.73. The van der Waals surface area contributed by atoms with E-state index < -0.39 is 0 Å². The van der Waals surface area contributed by atoms with Gasteiger partial charge in [0.15, 0.2) is 11.6 Å². The predicted octanol–water partition coefficient (Wildman–Crippen LogP) is 2.59. The number of benzene rings is 1. The van der Waals surface area contributed by atoms with Gasteiger partial charge >= 0.3 is 0 Å². The van der Waals surface area contributed by atoms with Gasteiger partial charge in [0.1, 0.15) is 6.61 Å². The van der Waals surface area contributed by atoms with E-state index in [4.69, 9.17) is 33.8 Å². The summed E-state index contributed by atoms with van der Waals surface area (Å²) in [6, 6.07) is 5.12. The number of nitrogen functional groups attached to an aromatic ring is 1. The highest BCUT2D eigenvalue weighted by Gasteiger charge is 2.20. The van der Waals surface area contributed by atoms with Crippen molar-refractivity contribution in [1.82, 2.24) is 19.8 Å². The van der Waals surface area contributed by atoms with Crippen molar-refractivity contribution in [2.24, 2.45) is 0 Å². The Morgan fingerprint density at radius 2 is 2.04 bits per heavy atom. The third-order valence-corrected chi connectivity index (χ3v) is 5.28. The van der Waals surface area contributed by atoms with Gasteiger partial charge in [-0.15, -0.1) is 10.2 Å². The number of rotatable bonds is 7. The molecule has 0 atom stereocenters. The first kappa shape index (κ1) is 18.2. The number of thioether (sulfide) groups is 1. The molecule has 0 bridgehead atoms. The van der Waals surface area contributed by atoms with Crippen LogP contribution in [0.15, 0.2) is 23.4 Å². The zero-order chi connectivity index (χ0) is 17.8. The van der Waals surface area contributed by atoms with Gasteiger partial charge in [0.2, 0.25) is 11.1 Å². The number of para-hydroxylation sites is 1. The molecule has 1 aliphatic heterocycles. The van der Waals surface area contributed by atoms with Crippen LogP contribution in [-0.4, -0.2) is 44.5 Å². The molecule has 25 heavy (non-hydrogen) atoms. The van der Waals surface area contributed by atoms with Gasteiger partial charge in [0.25, 0.3) is 0 Å². The molecule has 2 heterocycles. The van der Waals surface area contributed by atoms with E-state index in [1.165, 1.54) is 16.4 Å². The number of nitrogens with zero attached hydrogens (tertiary/aromatic N) is 4. The van der Waals surface area contributed by atoms with Gasteiger partial charge in [0, 0.05) is 25.3 Å². The minimum atomic E-state index is 0.0954. The molecule has 1 aliphatic rings. The molecule has 0 aliphatic carbocycles. The fourth-order valence-corrected chi connectivity index (χ4v) is 3.79. The first-order valence-corrected chi connectivity index (χ1v) is 9.47. The Hall–Kier alpha value is -1.64. The Kier molecular flexibility index (Phi) is 5.93. The number of amides is 1. The molecule has 1 aromatic carbocycles. The van der Waals surface area contributed by atoms with Crippen LogP contribution in [0.4, 0.5) is 0 Å². The SMILES string of the molecule is Nn1c(COc2c(Cl)cccc2Cl)nnc1SCCN1CCCC1=O. The van der Waals surface area contributed by atoms with Gasteiger partial charge < -0.3 is 15.5 Å². The highest BCUT2D eigenvalue weighted by atomic mass is 35.5. The number of hydrogen-bond donors (Lipinski definition) is 1. The maximum atomic E-state index is 11.6. The van der Waals surface area contributed by atoms with Crippen LogP contribution in [0.3, 0.4) is 0 Å². The maximum Gasteiger partial charge on any atom is 0.222 e. The first-order chi connectivity index (χ1) is 12.1. The van der Waals surface area contributed by atoms with Crippen molar-refractivity contribution in [3.63, 3.8) is 0 Å². The molecule has 1 aromatic heterocycles. The summed E-state index contributed by atoms with van der Waals surface area (Å²) in [4.78, 5) is 13.4. The number of carbonyl (C=O) groups is 1. The lowest BCUT2D eigenvalue weighted by molar-refractivity contribution is -0.127. The van der Waals surface area contributed by atoms with Crippen molar-refractivity contribution < 1.29 is 9.53 Å². The highest BCUT2D eigenvalue weighted by Crippen LogP contribution is 2.32. The minimum Gasteiger partial charge on any atom is -0.482 e. The van der Waals surface area contributed by atoms with Crippen molar-refractivity contribution in [3.8, 4) is 5.75 Å². The third kappa shape index (κ3) is 4.31. The van der Waals surface area contributed by atoms with Crippen LogP contribution in [0.25, 0.3) is 0 Å². The summed E-state index contributed by atoms with van der Waals surface area (Å²) in [5.74, 6) is 7.76. The van der Waals surface area contributed by atoms with Crippen molar-refractivity contribution in [2.45, 2.75) is 24.6 Å². The monoisotopic (exact) mass is 401 g/mol. The summed E-state index contributed by atoms with van der Waals surface area (Å²) >= 11 is 13.6. The molecular weight excluding hydrogens is 385 g/mol. The second-order valence-corrected chi connectivity index (χ2v) is 7.32. The largest absolute Gasteiger partial charge is 0.482 e. The fourth-order valence-electron chi connectivity index (χ4n) is 2.45. The van der Waals surface area contributed by atoms with E-state index in [2.05, 4.69) is 10.2 Å². The van der Waals surface area contributed by atoms with Crippen LogP contribution >= 0.6 is 35.0 Å². The van der Waals surface area contributed by atoms with Gasteiger partial charge in [-0.2, -0.15) is 0 Å². The maximum absolute atomic E-state index is 11.6. The van der Waals surface area contributed by atoms with E-state index >= 15 is 0 Å². The Balaban J connectivity index is 1.55. The Morgan fingerprint density at radius 3 is 2.72 bits per heavy atom. The second kappa shape index (κ2) is 8.16. The summed E-state index contributed by atoms with van der Waals surface area (Å²) in [7, 11) is 0. The summed E-state index contributed by atoms with van der Waals surface area (Å²) in [6.07, 6.45) is 1.58. The van der Waals surface area contributed by atoms with Crippen LogP contribution < -0.4 is 10.6 Å². The molecule has 0 unspecified atom stereocenters. The van der Waals surface area contributed by atoms with Crippen LogP contribution in [0.5, 0.6) is 5.75 Å². The average molecular weight is 402 g/mol. The van der Waals surface area contributed by atoms with E-state index in [0.29, 0.717) is 45.5 Å². The third-order valence-electron chi connectivity index (χ3n) is 3.76. The molecule has 1 saturated heterocycles. The second-order valence-electron chi connectivity index (χ2n) is 5.44. The average Bonchev–Trinajstić information content (AvgIpc) is 3.14. The highest BCUT2D eigenvalue weighted by molar-refractivity contribution is 7.99. The van der Waals surface area contributed by atoms with Gasteiger partial charge in [-0.3, -0.25) is 4.79 Å². The van der Waals surface area contributed by atoms with Gasteiger partial charge in [-0.05, 0) is 18.6 Å². The quantitative estimate of drug-likeness (QED) is 0.566. The summed E-state index contributed by atoms with van der Waals surface area (Å²) in [6.45, 7) is 1.60. The molecule has 10 heteroatoms. The number of ether oxygens (including phenoxy) is 1. The minimum absolute atomic E-state index is 0.0954. The fraction of sp³-hybridized carbons (Fsp3) is 0.400. The molecule has 0 saturated carbocycles. The summed E-state index contributed by atoms with van der Waals surface area (Å²) in [5, 5.41) is 9.49. The smallest absolute Gasteiger partial charge is 0.222 e. The zero-order valence-corrected chi connectivity index (χ0v) is 15.6. The van der Waals surface area contributed by atoms with E-state index in [0.717, 1.165) is 13.0 Å². The van der Waals surface area contributed by atoms with Gasteiger partial charge in [-0.25, -0.2) is 4.68 Å².